The Balaban J connectivity index is 1.79. The second kappa shape index (κ2) is 8.83. The first-order valence-corrected chi connectivity index (χ1v) is 9.67. The molecule has 2 heterocycles. The Morgan fingerprint density at radius 3 is 2.58 bits per heavy atom. The Labute approximate surface area is 154 Å². The lowest BCUT2D eigenvalue weighted by atomic mass is 10.2. The van der Waals surface area contributed by atoms with Crippen LogP contribution in [0.2, 0.25) is 0 Å². The van der Waals surface area contributed by atoms with Gasteiger partial charge in [0.25, 0.3) is 0 Å². The van der Waals surface area contributed by atoms with Crippen LogP contribution in [0.5, 0.6) is 0 Å². The van der Waals surface area contributed by atoms with Gasteiger partial charge in [-0.15, -0.1) is 0 Å². The van der Waals surface area contributed by atoms with Crippen molar-refractivity contribution in [1.82, 2.24) is 19.8 Å². The zero-order valence-electron chi connectivity index (χ0n) is 15.5. The van der Waals surface area contributed by atoms with Crippen molar-refractivity contribution >= 4 is 22.8 Å². The molecule has 1 aromatic carbocycles. The van der Waals surface area contributed by atoms with E-state index in [0.29, 0.717) is 13.0 Å². The van der Waals surface area contributed by atoms with Crippen LogP contribution >= 0.6 is 0 Å². The fraction of sp³-hybridized carbons (Fsp3) is 0.550. The van der Waals surface area contributed by atoms with E-state index in [1.165, 1.54) is 12.8 Å². The van der Waals surface area contributed by atoms with Gasteiger partial charge in [0.1, 0.15) is 12.4 Å². The van der Waals surface area contributed by atoms with E-state index >= 15 is 0 Å². The maximum absolute atomic E-state index is 12.8. The molecule has 0 aliphatic carbocycles. The average molecular weight is 356 g/mol. The Hall–Kier alpha value is -2.37. The van der Waals surface area contributed by atoms with Gasteiger partial charge in [0.2, 0.25) is 11.8 Å². The van der Waals surface area contributed by atoms with Crippen LogP contribution in [0.4, 0.5) is 0 Å². The third kappa shape index (κ3) is 4.42. The second-order valence-electron chi connectivity index (χ2n) is 6.92. The number of carbonyl (C=O) groups is 2. The van der Waals surface area contributed by atoms with Crippen LogP contribution in [0.3, 0.4) is 0 Å². The van der Waals surface area contributed by atoms with Crippen LogP contribution in [-0.2, 0) is 22.7 Å². The van der Waals surface area contributed by atoms with E-state index in [0.717, 1.165) is 49.2 Å². The van der Waals surface area contributed by atoms with Crippen molar-refractivity contribution in [2.75, 3.05) is 13.1 Å². The van der Waals surface area contributed by atoms with Crippen molar-refractivity contribution in [1.29, 1.82) is 0 Å². The zero-order chi connectivity index (χ0) is 18.4. The fourth-order valence-corrected chi connectivity index (χ4v) is 3.49. The summed E-state index contributed by atoms with van der Waals surface area (Å²) >= 11 is 0. The average Bonchev–Trinajstić information content (AvgIpc) is 2.82. The lowest BCUT2D eigenvalue weighted by Gasteiger charge is -2.21. The van der Waals surface area contributed by atoms with Gasteiger partial charge in [0.15, 0.2) is 0 Å². The molecule has 1 fully saturated rings. The largest absolute Gasteiger partial charge is 0.349 e. The highest BCUT2D eigenvalue weighted by Crippen LogP contribution is 2.17. The summed E-state index contributed by atoms with van der Waals surface area (Å²) in [5.41, 5.74) is 1.80. The quantitative estimate of drug-likeness (QED) is 0.865. The Bertz CT molecular complexity index is 760. The third-order valence-electron chi connectivity index (χ3n) is 4.91. The number of imidazole rings is 1. The van der Waals surface area contributed by atoms with E-state index in [9.17, 15) is 9.59 Å². The van der Waals surface area contributed by atoms with Crippen molar-refractivity contribution in [2.45, 2.75) is 58.5 Å². The molecule has 0 unspecified atom stereocenters. The molecule has 0 bridgehead atoms. The summed E-state index contributed by atoms with van der Waals surface area (Å²) in [5.74, 6) is 0.889. The highest BCUT2D eigenvalue weighted by molar-refractivity contribution is 5.81. The van der Waals surface area contributed by atoms with Crippen molar-refractivity contribution < 1.29 is 9.59 Å². The number of likely N-dealkylation sites (tertiary alicyclic amines) is 1. The molecule has 6 heteroatoms. The maximum Gasteiger partial charge on any atom is 0.242 e. The van der Waals surface area contributed by atoms with Crippen LogP contribution in [0.15, 0.2) is 24.3 Å². The topological polar surface area (TPSA) is 67.2 Å². The molecule has 1 N–H and O–H groups in total. The van der Waals surface area contributed by atoms with Crippen molar-refractivity contribution in [3.8, 4) is 0 Å². The predicted molar refractivity (Wildman–Crippen MR) is 102 cm³/mol. The van der Waals surface area contributed by atoms with Gasteiger partial charge in [-0.05, 0) is 31.4 Å². The minimum absolute atomic E-state index is 0.0185. The number of nitrogens with one attached hydrogen (secondary N) is 1. The molecule has 0 spiro atoms. The smallest absolute Gasteiger partial charge is 0.242 e. The number of benzene rings is 1. The van der Waals surface area contributed by atoms with Crippen molar-refractivity contribution in [2.24, 2.45) is 0 Å². The van der Waals surface area contributed by atoms with Crippen LogP contribution < -0.4 is 5.32 Å². The second-order valence-corrected chi connectivity index (χ2v) is 6.92. The molecular weight excluding hydrogens is 328 g/mol. The van der Waals surface area contributed by atoms with Gasteiger partial charge < -0.3 is 14.8 Å². The lowest BCUT2D eigenvalue weighted by molar-refractivity contribution is -0.131. The number of hydrogen-bond acceptors (Lipinski definition) is 3. The Morgan fingerprint density at radius 1 is 1.12 bits per heavy atom. The SMILES string of the molecule is CCCC(=O)NCc1nc2ccccc2n1CC(=O)N1CCCCCC1. The number of nitrogens with zero attached hydrogens (tertiary/aromatic N) is 3. The van der Waals surface area contributed by atoms with Gasteiger partial charge in [-0.2, -0.15) is 0 Å². The first kappa shape index (κ1) is 18.4. The molecule has 2 aromatic rings. The van der Waals surface area contributed by atoms with Crippen LogP contribution in [0, 0.1) is 0 Å². The van der Waals surface area contributed by atoms with Crippen molar-refractivity contribution in [3.63, 3.8) is 0 Å². The van der Waals surface area contributed by atoms with Gasteiger partial charge in [-0.3, -0.25) is 9.59 Å². The van der Waals surface area contributed by atoms with Gasteiger partial charge in [-0.1, -0.05) is 31.9 Å². The van der Waals surface area contributed by atoms with Crippen LogP contribution in [0.25, 0.3) is 11.0 Å². The van der Waals surface area contributed by atoms with Crippen LogP contribution in [0.1, 0.15) is 51.3 Å². The number of rotatable bonds is 6. The Morgan fingerprint density at radius 2 is 1.85 bits per heavy atom. The molecule has 26 heavy (non-hydrogen) atoms. The third-order valence-corrected chi connectivity index (χ3v) is 4.91. The van der Waals surface area contributed by atoms with E-state index < -0.39 is 0 Å². The van der Waals surface area contributed by atoms with Gasteiger partial charge in [-0.25, -0.2) is 4.98 Å². The number of fused-ring (bicyclic) bond motifs is 1. The normalized spacial score (nSPS) is 15.0. The predicted octanol–water partition coefficient (Wildman–Crippen LogP) is 2.86. The summed E-state index contributed by atoms with van der Waals surface area (Å²) in [6, 6.07) is 7.82. The molecule has 0 radical (unpaired) electrons. The maximum atomic E-state index is 12.8. The molecule has 0 saturated carbocycles. The number of carbonyl (C=O) groups excluding carboxylic acids is 2. The number of hydrogen-bond donors (Lipinski definition) is 1. The molecule has 1 saturated heterocycles. The molecule has 1 aliphatic heterocycles. The summed E-state index contributed by atoms with van der Waals surface area (Å²) < 4.78 is 1.95. The lowest BCUT2D eigenvalue weighted by Crippen LogP contribution is -2.35. The summed E-state index contributed by atoms with van der Waals surface area (Å²) in [6.07, 6.45) is 5.88. The molecule has 1 aliphatic rings. The highest BCUT2D eigenvalue weighted by Gasteiger charge is 2.19. The minimum atomic E-state index is 0.0185. The van der Waals surface area contributed by atoms with Crippen molar-refractivity contribution in [3.05, 3.63) is 30.1 Å². The summed E-state index contributed by atoms with van der Waals surface area (Å²) in [7, 11) is 0. The summed E-state index contributed by atoms with van der Waals surface area (Å²) in [5, 5.41) is 2.92. The standard InChI is InChI=1S/C20H28N4O2/c1-2-9-19(25)21-14-18-22-16-10-5-6-11-17(16)24(18)15-20(26)23-12-7-3-4-8-13-23/h5-6,10-11H,2-4,7-9,12-15H2,1H3,(H,21,25). The molecule has 0 atom stereocenters. The number of aromatic nitrogens is 2. The zero-order valence-corrected chi connectivity index (χ0v) is 15.5. The van der Waals surface area contributed by atoms with E-state index in [4.69, 9.17) is 0 Å². The van der Waals surface area contributed by atoms with E-state index in [1.54, 1.807) is 0 Å². The van der Waals surface area contributed by atoms with Gasteiger partial charge in [0.05, 0.1) is 17.6 Å². The molecule has 2 amide bonds. The van der Waals surface area contributed by atoms with E-state index in [1.807, 2.05) is 40.7 Å². The van der Waals surface area contributed by atoms with Crippen LogP contribution in [-0.4, -0.2) is 39.4 Å². The van der Waals surface area contributed by atoms with Gasteiger partial charge in [0, 0.05) is 19.5 Å². The molecule has 140 valence electrons. The monoisotopic (exact) mass is 356 g/mol. The Kier molecular flexibility index (Phi) is 6.26. The fourth-order valence-electron chi connectivity index (χ4n) is 3.49. The number of para-hydroxylation sites is 2. The molecule has 6 nitrogen and oxygen atoms in total. The van der Waals surface area contributed by atoms with E-state index in [-0.39, 0.29) is 18.4 Å². The summed E-state index contributed by atoms with van der Waals surface area (Å²) in [6.45, 7) is 4.29. The molecular formula is C20H28N4O2. The minimum Gasteiger partial charge on any atom is -0.349 e. The van der Waals surface area contributed by atoms with Gasteiger partial charge >= 0.3 is 0 Å². The number of amides is 2. The summed E-state index contributed by atoms with van der Waals surface area (Å²) in [4.78, 5) is 31.3. The first-order valence-electron chi connectivity index (χ1n) is 9.67. The van der Waals surface area contributed by atoms with E-state index in [2.05, 4.69) is 10.3 Å². The molecule has 1 aromatic heterocycles. The molecule has 3 rings (SSSR count). The first-order chi connectivity index (χ1) is 12.7. The highest BCUT2D eigenvalue weighted by atomic mass is 16.2.